The second kappa shape index (κ2) is 24.1. The van der Waals surface area contributed by atoms with Crippen molar-refractivity contribution in [2.24, 2.45) is 0 Å². The molecule has 0 amide bonds. The number of hydrogen-bond donors (Lipinski definition) is 0. The van der Waals surface area contributed by atoms with Crippen molar-refractivity contribution in [2.45, 2.75) is 51.4 Å². The maximum absolute atomic E-state index is 10.1. The first kappa shape index (κ1) is 42.5. The van der Waals surface area contributed by atoms with Crippen LogP contribution in [-0.4, -0.2) is 40.6 Å². The summed E-state index contributed by atoms with van der Waals surface area (Å²) in [7, 11) is 3.15. The minimum atomic E-state index is 0.460. The van der Waals surface area contributed by atoms with E-state index in [4.69, 9.17) is 28.4 Å². The van der Waals surface area contributed by atoms with Crippen LogP contribution in [0.25, 0.3) is 23.3 Å². The molecule has 58 heavy (non-hydrogen) atoms. The molecule has 0 fully saturated rings. The molecule has 0 heterocycles. The molecule has 0 saturated heterocycles. The molecule has 8 heteroatoms. The van der Waals surface area contributed by atoms with Crippen LogP contribution in [0.4, 0.5) is 0 Å². The zero-order chi connectivity index (χ0) is 40.6. The smallest absolute Gasteiger partial charge is 0.126 e. The zero-order valence-electron chi connectivity index (χ0n) is 33.5. The first-order chi connectivity index (χ1) is 28.6. The SMILES string of the molecule is COc1cc(/C=C(\C#N)c2ccc(OCCCCCCOc3ccccc3)cc2)c(OC)cc1/C=C(\C#N)c1ccc(OCCCCCCOc2ccccc2)cc1. The molecule has 5 rings (SSSR count). The van der Waals surface area contributed by atoms with E-state index in [0.717, 1.165) is 85.5 Å². The number of ether oxygens (including phenoxy) is 6. The van der Waals surface area contributed by atoms with Crippen LogP contribution in [0.1, 0.15) is 73.6 Å². The van der Waals surface area contributed by atoms with Crippen molar-refractivity contribution in [3.05, 3.63) is 144 Å². The second-order valence-electron chi connectivity index (χ2n) is 13.6. The molecule has 0 atom stereocenters. The van der Waals surface area contributed by atoms with E-state index in [2.05, 4.69) is 12.1 Å². The molecule has 0 aliphatic carbocycles. The summed E-state index contributed by atoms with van der Waals surface area (Å²) in [6.07, 6.45) is 11.7. The van der Waals surface area contributed by atoms with Crippen LogP contribution in [0.2, 0.25) is 0 Å². The lowest BCUT2D eigenvalue weighted by Crippen LogP contribution is -2.00. The van der Waals surface area contributed by atoms with Gasteiger partial charge in [-0.1, -0.05) is 36.4 Å². The number of unbranched alkanes of at least 4 members (excludes halogenated alkanes) is 6. The Labute approximate surface area is 343 Å². The van der Waals surface area contributed by atoms with Gasteiger partial charge in [-0.05, 0) is 160 Å². The number of para-hydroxylation sites is 2. The average molecular weight is 777 g/mol. The van der Waals surface area contributed by atoms with E-state index in [-0.39, 0.29) is 0 Å². The third-order valence-corrected chi connectivity index (χ3v) is 9.39. The van der Waals surface area contributed by atoms with Crippen molar-refractivity contribution in [1.29, 1.82) is 10.5 Å². The molecule has 0 unspecified atom stereocenters. The fourth-order valence-electron chi connectivity index (χ4n) is 6.21. The third-order valence-electron chi connectivity index (χ3n) is 9.39. The number of allylic oxidation sites excluding steroid dienone is 2. The maximum Gasteiger partial charge on any atom is 0.126 e. The molecule has 5 aromatic rings. The number of nitriles is 2. The largest absolute Gasteiger partial charge is 0.496 e. The van der Waals surface area contributed by atoms with Crippen LogP contribution in [0.15, 0.2) is 121 Å². The Hall–Kier alpha value is -6.64. The van der Waals surface area contributed by atoms with Crippen molar-refractivity contribution in [3.63, 3.8) is 0 Å². The van der Waals surface area contributed by atoms with Crippen molar-refractivity contribution in [1.82, 2.24) is 0 Å². The lowest BCUT2D eigenvalue weighted by Gasteiger charge is -2.13. The van der Waals surface area contributed by atoms with Crippen LogP contribution in [0.5, 0.6) is 34.5 Å². The van der Waals surface area contributed by atoms with Gasteiger partial charge in [0.2, 0.25) is 0 Å². The van der Waals surface area contributed by atoms with Crippen LogP contribution in [0, 0.1) is 22.7 Å². The standard InChI is InChI=1S/C50H52N2O6/c1-53-49-35-42(34-44(38-52)40-23-27-48(28-24-40)58-32-16-6-4-14-30-56-46-19-11-8-12-20-46)50(54-2)36-41(49)33-43(37-51)39-21-25-47(26-22-39)57-31-15-5-3-13-29-55-45-17-9-7-10-18-45/h7-12,17-28,33-36H,3-6,13-16,29-32H2,1-2H3/b43-33+,44-34+. The van der Waals surface area contributed by atoms with Gasteiger partial charge < -0.3 is 28.4 Å². The summed E-state index contributed by atoms with van der Waals surface area (Å²) in [4.78, 5) is 0. The molecule has 8 nitrogen and oxygen atoms in total. The first-order valence-corrected chi connectivity index (χ1v) is 19.9. The molecular weight excluding hydrogens is 725 g/mol. The molecule has 0 radical (unpaired) electrons. The summed E-state index contributed by atoms with van der Waals surface area (Å²) in [5, 5.41) is 20.2. The van der Waals surface area contributed by atoms with Gasteiger partial charge in [-0.2, -0.15) is 10.5 Å². The van der Waals surface area contributed by atoms with Gasteiger partial charge in [-0.3, -0.25) is 0 Å². The quantitative estimate of drug-likeness (QED) is 0.0347. The summed E-state index contributed by atoms with van der Waals surface area (Å²) in [6.45, 7) is 2.67. The summed E-state index contributed by atoms with van der Waals surface area (Å²) in [6, 6.07) is 43.1. The Morgan fingerprint density at radius 2 is 0.741 bits per heavy atom. The van der Waals surface area contributed by atoms with E-state index in [1.807, 2.05) is 121 Å². The molecule has 0 aliphatic heterocycles. The van der Waals surface area contributed by atoms with Crippen molar-refractivity contribution >= 4 is 23.3 Å². The number of nitrogens with zero attached hydrogens (tertiary/aromatic N) is 2. The summed E-state index contributed by atoms with van der Waals surface area (Å²) < 4.78 is 34.9. The van der Waals surface area contributed by atoms with Crippen LogP contribution < -0.4 is 28.4 Å². The zero-order valence-corrected chi connectivity index (χ0v) is 33.5. The molecule has 298 valence electrons. The van der Waals surface area contributed by atoms with E-state index in [1.54, 1.807) is 26.4 Å². The normalized spacial score (nSPS) is 11.2. The highest BCUT2D eigenvalue weighted by Gasteiger charge is 2.13. The lowest BCUT2D eigenvalue weighted by atomic mass is 9.99. The van der Waals surface area contributed by atoms with Gasteiger partial charge in [-0.25, -0.2) is 0 Å². The van der Waals surface area contributed by atoms with E-state index in [9.17, 15) is 10.5 Å². The molecule has 5 aromatic carbocycles. The number of benzene rings is 5. The fourth-order valence-corrected chi connectivity index (χ4v) is 6.21. The van der Waals surface area contributed by atoms with Gasteiger partial charge in [0.15, 0.2) is 0 Å². The third kappa shape index (κ3) is 13.8. The number of hydrogen-bond acceptors (Lipinski definition) is 8. The Bertz CT molecular complexity index is 1960. The highest BCUT2D eigenvalue weighted by Crippen LogP contribution is 2.35. The highest BCUT2D eigenvalue weighted by atomic mass is 16.5. The molecule has 0 bridgehead atoms. The highest BCUT2D eigenvalue weighted by molar-refractivity contribution is 5.93. The average Bonchev–Trinajstić information content (AvgIpc) is 3.27. The van der Waals surface area contributed by atoms with Crippen LogP contribution in [-0.2, 0) is 0 Å². The second-order valence-corrected chi connectivity index (χ2v) is 13.6. The van der Waals surface area contributed by atoms with Gasteiger partial charge in [0.1, 0.15) is 34.5 Å². The topological polar surface area (TPSA) is 103 Å². The van der Waals surface area contributed by atoms with Gasteiger partial charge >= 0.3 is 0 Å². The van der Waals surface area contributed by atoms with E-state index in [0.29, 0.717) is 60.2 Å². The van der Waals surface area contributed by atoms with Crippen LogP contribution in [0.3, 0.4) is 0 Å². The molecule has 0 aromatic heterocycles. The molecule has 0 N–H and O–H groups in total. The Balaban J connectivity index is 1.11. The number of methoxy groups -OCH3 is 2. The summed E-state index contributed by atoms with van der Waals surface area (Å²) >= 11 is 0. The predicted octanol–water partition coefficient (Wildman–Crippen LogP) is 11.9. The lowest BCUT2D eigenvalue weighted by molar-refractivity contribution is 0.287. The monoisotopic (exact) mass is 776 g/mol. The van der Waals surface area contributed by atoms with Gasteiger partial charge in [0, 0.05) is 11.1 Å². The summed E-state index contributed by atoms with van der Waals surface area (Å²) in [5.74, 6) is 4.40. The summed E-state index contributed by atoms with van der Waals surface area (Å²) in [5.41, 5.74) is 3.76. The minimum Gasteiger partial charge on any atom is -0.496 e. The van der Waals surface area contributed by atoms with E-state index < -0.39 is 0 Å². The van der Waals surface area contributed by atoms with E-state index >= 15 is 0 Å². The van der Waals surface area contributed by atoms with Crippen molar-refractivity contribution in [3.8, 4) is 46.6 Å². The maximum atomic E-state index is 10.1. The fraction of sp³-hybridized carbons (Fsp3) is 0.280. The molecular formula is C50H52N2O6. The first-order valence-electron chi connectivity index (χ1n) is 19.9. The van der Waals surface area contributed by atoms with Crippen molar-refractivity contribution < 1.29 is 28.4 Å². The number of rotatable bonds is 24. The Kier molecular flexibility index (Phi) is 17.7. The van der Waals surface area contributed by atoms with Gasteiger partial charge in [0.25, 0.3) is 0 Å². The molecule has 0 aliphatic rings. The molecule has 0 saturated carbocycles. The van der Waals surface area contributed by atoms with Gasteiger partial charge in [-0.15, -0.1) is 0 Å². The van der Waals surface area contributed by atoms with Crippen molar-refractivity contribution in [2.75, 3.05) is 40.6 Å². The minimum absolute atomic E-state index is 0.460. The Morgan fingerprint density at radius 1 is 0.431 bits per heavy atom. The molecule has 0 spiro atoms. The van der Waals surface area contributed by atoms with Gasteiger partial charge in [0.05, 0.1) is 63.9 Å². The van der Waals surface area contributed by atoms with E-state index in [1.165, 1.54) is 0 Å². The predicted molar refractivity (Wildman–Crippen MR) is 231 cm³/mol. The van der Waals surface area contributed by atoms with Crippen LogP contribution >= 0.6 is 0 Å². The Morgan fingerprint density at radius 3 is 1.03 bits per heavy atom.